The van der Waals surface area contributed by atoms with E-state index in [0.717, 1.165) is 11.3 Å². The predicted octanol–water partition coefficient (Wildman–Crippen LogP) is 3.19. The molecule has 2 aromatic carbocycles. The van der Waals surface area contributed by atoms with Crippen molar-refractivity contribution in [2.45, 2.75) is 12.3 Å². The van der Waals surface area contributed by atoms with Gasteiger partial charge in [-0.1, -0.05) is 6.07 Å². The normalized spacial score (nSPS) is 16.5. The number of halogens is 1. The molecule has 0 saturated carbocycles. The van der Waals surface area contributed by atoms with Crippen LogP contribution in [0, 0.1) is 5.82 Å². The lowest BCUT2D eigenvalue weighted by Gasteiger charge is -2.27. The van der Waals surface area contributed by atoms with Gasteiger partial charge in [0.15, 0.2) is 0 Å². The Morgan fingerprint density at radius 2 is 2.08 bits per heavy atom. The maximum absolute atomic E-state index is 13.9. The van der Waals surface area contributed by atoms with Gasteiger partial charge in [-0.3, -0.25) is 4.79 Å². The molecule has 0 aliphatic carbocycles. The third-order valence-electron chi connectivity index (χ3n) is 4.19. The maximum Gasteiger partial charge on any atom is 0.225 e. The Morgan fingerprint density at radius 3 is 2.88 bits per heavy atom. The largest absolute Gasteiger partial charge is 0.508 e. The van der Waals surface area contributed by atoms with Crippen molar-refractivity contribution in [3.05, 3.63) is 71.8 Å². The van der Waals surface area contributed by atoms with E-state index in [4.69, 9.17) is 0 Å². The summed E-state index contributed by atoms with van der Waals surface area (Å²) in [5.41, 5.74) is 2.79. The lowest BCUT2D eigenvalue weighted by Crippen LogP contribution is -2.24. The van der Waals surface area contributed by atoms with Gasteiger partial charge in [0.05, 0.1) is 5.69 Å². The van der Waals surface area contributed by atoms with Crippen LogP contribution in [0.5, 0.6) is 5.75 Å². The Balaban J connectivity index is 1.91. The van der Waals surface area contributed by atoms with Gasteiger partial charge < -0.3 is 10.4 Å². The molecule has 4 rings (SSSR count). The SMILES string of the molecule is O=C1C[C@@H](c2cc(F)ccc2-n2cccn2)c2ccc(O)cc2N1. The number of phenolic OH excluding ortho intramolecular Hbond substituents is 1. The Morgan fingerprint density at radius 1 is 1.21 bits per heavy atom. The monoisotopic (exact) mass is 323 g/mol. The average molecular weight is 323 g/mol. The van der Waals surface area contributed by atoms with E-state index in [0.29, 0.717) is 11.3 Å². The Kier molecular flexibility index (Phi) is 3.30. The number of hydrogen-bond donors (Lipinski definition) is 2. The highest BCUT2D eigenvalue weighted by atomic mass is 19.1. The first-order valence-electron chi connectivity index (χ1n) is 7.54. The van der Waals surface area contributed by atoms with E-state index in [9.17, 15) is 14.3 Å². The Bertz CT molecular complexity index is 922. The molecule has 2 heterocycles. The number of phenols is 1. The minimum atomic E-state index is -0.368. The number of aromatic nitrogens is 2. The fourth-order valence-corrected chi connectivity index (χ4v) is 3.15. The van der Waals surface area contributed by atoms with Crippen LogP contribution in [-0.4, -0.2) is 20.8 Å². The second-order valence-corrected chi connectivity index (χ2v) is 5.73. The van der Waals surface area contributed by atoms with Crippen LogP contribution in [0.15, 0.2) is 54.9 Å². The molecule has 1 aromatic heterocycles. The quantitative estimate of drug-likeness (QED) is 0.761. The molecule has 1 aliphatic rings. The second-order valence-electron chi connectivity index (χ2n) is 5.73. The van der Waals surface area contributed by atoms with Crippen LogP contribution < -0.4 is 5.32 Å². The lowest BCUT2D eigenvalue weighted by atomic mass is 9.84. The predicted molar refractivity (Wildman–Crippen MR) is 86.7 cm³/mol. The fourth-order valence-electron chi connectivity index (χ4n) is 3.15. The van der Waals surface area contributed by atoms with Gasteiger partial charge in [-0.2, -0.15) is 5.10 Å². The van der Waals surface area contributed by atoms with E-state index >= 15 is 0 Å². The summed E-state index contributed by atoms with van der Waals surface area (Å²) in [4.78, 5) is 12.1. The van der Waals surface area contributed by atoms with Gasteiger partial charge in [0, 0.05) is 36.5 Å². The number of nitrogens with zero attached hydrogens (tertiary/aromatic N) is 2. The highest BCUT2D eigenvalue weighted by Gasteiger charge is 2.29. The standard InChI is InChI=1S/C18H14FN3O2/c19-11-2-5-17(22-7-1-6-20-22)15(8-11)14-10-18(24)21-16-9-12(23)3-4-13(14)16/h1-9,14,23H,10H2,(H,21,24)/t14-/m1/s1. The summed E-state index contributed by atoms with van der Waals surface area (Å²) < 4.78 is 15.6. The summed E-state index contributed by atoms with van der Waals surface area (Å²) in [6, 6.07) is 11.1. The zero-order chi connectivity index (χ0) is 16.7. The van der Waals surface area contributed by atoms with E-state index in [-0.39, 0.29) is 29.8 Å². The fraction of sp³-hybridized carbons (Fsp3) is 0.111. The maximum atomic E-state index is 13.9. The topological polar surface area (TPSA) is 67.2 Å². The molecule has 1 aliphatic heterocycles. The molecule has 3 aromatic rings. The third-order valence-corrected chi connectivity index (χ3v) is 4.19. The molecule has 0 unspecified atom stereocenters. The summed E-state index contributed by atoms with van der Waals surface area (Å²) in [5.74, 6) is -0.786. The smallest absolute Gasteiger partial charge is 0.225 e. The number of nitrogens with one attached hydrogen (secondary N) is 1. The third kappa shape index (κ3) is 2.42. The number of rotatable bonds is 2. The van der Waals surface area contributed by atoms with Crippen LogP contribution >= 0.6 is 0 Å². The van der Waals surface area contributed by atoms with Crippen molar-refractivity contribution >= 4 is 11.6 Å². The molecular formula is C18H14FN3O2. The number of carbonyl (C=O) groups excluding carboxylic acids is 1. The Hall–Kier alpha value is -3.15. The molecular weight excluding hydrogens is 309 g/mol. The van der Waals surface area contributed by atoms with Crippen LogP contribution in [0.25, 0.3) is 5.69 Å². The van der Waals surface area contributed by atoms with E-state index in [2.05, 4.69) is 10.4 Å². The number of carbonyl (C=O) groups is 1. The van der Waals surface area contributed by atoms with Crippen LogP contribution in [-0.2, 0) is 4.79 Å². The highest BCUT2D eigenvalue weighted by Crippen LogP contribution is 2.40. The number of fused-ring (bicyclic) bond motifs is 1. The molecule has 1 atom stereocenters. The van der Waals surface area contributed by atoms with Crippen molar-refractivity contribution in [2.24, 2.45) is 0 Å². The first kappa shape index (κ1) is 14.4. The highest BCUT2D eigenvalue weighted by molar-refractivity contribution is 5.95. The molecule has 0 saturated heterocycles. The van der Waals surface area contributed by atoms with Crippen LogP contribution in [0.4, 0.5) is 10.1 Å². The summed E-state index contributed by atoms with van der Waals surface area (Å²) >= 11 is 0. The molecule has 5 nitrogen and oxygen atoms in total. The average Bonchev–Trinajstić information content (AvgIpc) is 3.07. The van der Waals surface area contributed by atoms with Crippen LogP contribution in [0.2, 0.25) is 0 Å². The van der Waals surface area contributed by atoms with Crippen molar-refractivity contribution in [3.63, 3.8) is 0 Å². The van der Waals surface area contributed by atoms with Crippen molar-refractivity contribution in [2.75, 3.05) is 5.32 Å². The van der Waals surface area contributed by atoms with Gasteiger partial charge >= 0.3 is 0 Å². The van der Waals surface area contributed by atoms with Crippen molar-refractivity contribution in [1.82, 2.24) is 9.78 Å². The molecule has 0 spiro atoms. The van der Waals surface area contributed by atoms with E-state index in [1.807, 2.05) is 0 Å². The number of anilines is 1. The van der Waals surface area contributed by atoms with E-state index < -0.39 is 0 Å². The second kappa shape index (κ2) is 5.49. The zero-order valence-electron chi connectivity index (χ0n) is 12.6. The number of aromatic hydroxyl groups is 1. The molecule has 0 fully saturated rings. The van der Waals surface area contributed by atoms with Crippen LogP contribution in [0.3, 0.4) is 0 Å². The summed E-state index contributed by atoms with van der Waals surface area (Å²) in [5, 5.41) is 16.6. The minimum absolute atomic E-state index is 0.0706. The molecule has 24 heavy (non-hydrogen) atoms. The zero-order valence-corrected chi connectivity index (χ0v) is 12.6. The van der Waals surface area contributed by atoms with E-state index in [1.165, 1.54) is 18.2 Å². The molecule has 2 N–H and O–H groups in total. The summed E-state index contributed by atoms with van der Waals surface area (Å²) in [7, 11) is 0. The summed E-state index contributed by atoms with van der Waals surface area (Å²) in [6.45, 7) is 0. The molecule has 1 amide bonds. The van der Waals surface area contributed by atoms with E-state index in [1.54, 1.807) is 41.3 Å². The minimum Gasteiger partial charge on any atom is -0.508 e. The van der Waals surface area contributed by atoms with Gasteiger partial charge in [0.25, 0.3) is 0 Å². The van der Waals surface area contributed by atoms with Gasteiger partial charge in [0.1, 0.15) is 11.6 Å². The summed E-state index contributed by atoms with van der Waals surface area (Å²) in [6.07, 6.45) is 3.62. The first-order valence-corrected chi connectivity index (χ1v) is 7.54. The molecule has 0 bridgehead atoms. The molecule has 120 valence electrons. The number of amides is 1. The van der Waals surface area contributed by atoms with Crippen molar-refractivity contribution in [3.8, 4) is 11.4 Å². The number of benzene rings is 2. The first-order chi connectivity index (χ1) is 11.6. The number of hydrogen-bond acceptors (Lipinski definition) is 3. The van der Waals surface area contributed by atoms with Gasteiger partial charge in [0.2, 0.25) is 5.91 Å². The molecule has 6 heteroatoms. The van der Waals surface area contributed by atoms with Crippen molar-refractivity contribution in [1.29, 1.82) is 0 Å². The van der Waals surface area contributed by atoms with Crippen molar-refractivity contribution < 1.29 is 14.3 Å². The molecule has 0 radical (unpaired) electrons. The lowest BCUT2D eigenvalue weighted by molar-refractivity contribution is -0.116. The Labute approximate surface area is 137 Å². The van der Waals surface area contributed by atoms with Gasteiger partial charge in [-0.25, -0.2) is 9.07 Å². The van der Waals surface area contributed by atoms with Gasteiger partial charge in [-0.05, 0) is 41.5 Å². The van der Waals surface area contributed by atoms with Crippen LogP contribution in [0.1, 0.15) is 23.5 Å². The van der Waals surface area contributed by atoms with Gasteiger partial charge in [-0.15, -0.1) is 0 Å².